The monoisotopic (exact) mass is 1590 g/mol. The second-order valence-electron chi connectivity index (χ2n) is 26.0. The van der Waals surface area contributed by atoms with E-state index in [-0.39, 0.29) is 113 Å². The number of H-pyrrole nitrogens is 1. The third-order valence-electron chi connectivity index (χ3n) is 17.3. The number of anilines is 1. The number of nitrogens with zero attached hydrogens (tertiary/aromatic N) is 2. The van der Waals surface area contributed by atoms with Crippen molar-refractivity contribution in [2.45, 2.75) is 139 Å². The van der Waals surface area contributed by atoms with Gasteiger partial charge in [0.25, 0.3) is 0 Å². The topological polar surface area (TPSA) is 459 Å². The molecule has 5 aromatic rings. The third-order valence-corrected chi connectivity index (χ3v) is 20.7. The zero-order chi connectivity index (χ0) is 75.6. The number of fused-ring (bicyclic) bond motifs is 3. The Bertz CT molecular complexity index is 4380. The molecule has 2 saturated heterocycles. The van der Waals surface area contributed by atoms with Gasteiger partial charge in [-0.3, -0.25) is 47.9 Å². The molecule has 10 amide bonds. The quantitative estimate of drug-likeness (QED) is 0.0169. The van der Waals surface area contributed by atoms with Gasteiger partial charge in [0.1, 0.15) is 71.0 Å². The van der Waals surface area contributed by atoms with E-state index >= 15 is 4.79 Å². The number of carboxylic acids is 2. The number of aromatic hydroxyl groups is 2. The first-order chi connectivity index (χ1) is 50.2. The molecule has 0 bridgehead atoms. The lowest BCUT2D eigenvalue weighted by molar-refractivity contribution is -0.142. The number of halogens is 1. The number of aliphatic carboxylic acids is 1. The Balaban J connectivity index is 0.878. The van der Waals surface area contributed by atoms with Crippen LogP contribution in [0.15, 0.2) is 125 Å². The Hall–Kier alpha value is -10.3. The Morgan fingerprint density at radius 1 is 0.733 bits per heavy atom. The molecule has 556 valence electrons. The molecule has 2 unspecified atom stereocenters. The number of phenolic OH excluding ortho intramolecular Hbond substituents is 2. The predicted molar refractivity (Wildman–Crippen MR) is 398 cm³/mol. The molecule has 4 aliphatic rings. The highest BCUT2D eigenvalue weighted by molar-refractivity contribution is 14.1. The van der Waals surface area contributed by atoms with Crippen LogP contribution in [0.25, 0.3) is 33.4 Å². The van der Waals surface area contributed by atoms with E-state index in [1.165, 1.54) is 89.9 Å². The van der Waals surface area contributed by atoms with Gasteiger partial charge in [0.2, 0.25) is 47.3 Å². The fourth-order valence-electron chi connectivity index (χ4n) is 12.2. The van der Waals surface area contributed by atoms with Gasteiger partial charge >= 0.3 is 18.0 Å². The predicted octanol–water partition coefficient (Wildman–Crippen LogP) is 4.70. The van der Waals surface area contributed by atoms with Crippen molar-refractivity contribution in [3.8, 4) is 33.9 Å². The molecule has 9 rings (SSSR count). The van der Waals surface area contributed by atoms with Crippen LogP contribution in [-0.2, 0) is 62.4 Å². The van der Waals surface area contributed by atoms with Crippen molar-refractivity contribution in [1.82, 2.24) is 57.4 Å². The SMILES string of the molecule is CC(C)C[C@@H]1NC(=O)[C@H](CC(=O)O)NC(=O)[C@H](Cc2ccc(O)c(I)c2)NC(=O)[C@@H]2CC(O)CN2C(=O)[C@@H](NC(=O)[C@H](Cc2ncc[nH]2)NC(=O)[C@H](Cc2ccccc2)NC(=O)CCCCCNC(=O)Nc2ccc(-c3c4ccc(=O)cc-4oc4cc(O)ccc34)c(C(=O)O)c2)CSSCC(C)NC1=O. The number of aliphatic hydroxyl groups excluding tert-OH is 1. The normalized spacial score (nSPS) is 19.8. The highest BCUT2D eigenvalue weighted by Crippen LogP contribution is 2.42. The van der Waals surface area contributed by atoms with E-state index in [1.807, 2.05) is 36.4 Å². The van der Waals surface area contributed by atoms with Crippen LogP contribution >= 0.6 is 44.2 Å². The number of aromatic nitrogens is 2. The van der Waals surface area contributed by atoms with Crippen molar-refractivity contribution >= 4 is 126 Å². The highest BCUT2D eigenvalue weighted by Gasteiger charge is 2.44. The molecule has 2 fully saturated rings. The Kier molecular flexibility index (Phi) is 27.7. The first-order valence-corrected chi connectivity index (χ1v) is 37.4. The van der Waals surface area contributed by atoms with Crippen molar-refractivity contribution in [3.63, 3.8) is 0 Å². The van der Waals surface area contributed by atoms with Gasteiger partial charge in [-0.05, 0) is 120 Å². The van der Waals surface area contributed by atoms with Crippen LogP contribution in [0.5, 0.6) is 11.5 Å². The number of imidazole rings is 1. The number of urea groups is 1. The molecule has 0 saturated carbocycles. The summed E-state index contributed by atoms with van der Waals surface area (Å²) in [4.78, 5) is 174. The van der Waals surface area contributed by atoms with Gasteiger partial charge in [-0.2, -0.15) is 0 Å². The van der Waals surface area contributed by atoms with Crippen LogP contribution in [0.4, 0.5) is 10.5 Å². The number of aromatic carboxylic acids is 1. The van der Waals surface area contributed by atoms with Crippen molar-refractivity contribution in [2.24, 2.45) is 5.92 Å². The fraction of sp³-hybridized carbons (Fsp3) is 0.375. The van der Waals surface area contributed by atoms with Gasteiger partial charge in [0.15, 0.2) is 5.43 Å². The lowest BCUT2D eigenvalue weighted by Crippen LogP contribution is -2.61. The van der Waals surface area contributed by atoms with E-state index in [2.05, 4.69) is 57.8 Å². The highest BCUT2D eigenvalue weighted by atomic mass is 127. The zero-order valence-electron chi connectivity index (χ0n) is 57.3. The molecule has 3 aliphatic heterocycles. The van der Waals surface area contributed by atoms with Gasteiger partial charge in [-0.15, -0.1) is 0 Å². The number of nitrogens with one attached hydrogen (secondary N) is 10. The lowest BCUT2D eigenvalue weighted by atomic mass is 9.90. The van der Waals surface area contributed by atoms with E-state index in [9.17, 15) is 78.3 Å². The number of aromatic amines is 1. The average Bonchev–Trinajstić information content (AvgIpc) is 1.33. The molecule has 0 spiro atoms. The molecular weight excluding hydrogens is 1510 g/mol. The smallest absolute Gasteiger partial charge is 0.336 e. The molecule has 4 aromatic carbocycles. The molecule has 30 nitrogen and oxygen atoms in total. The second kappa shape index (κ2) is 36.9. The van der Waals surface area contributed by atoms with Crippen LogP contribution in [0.2, 0.25) is 0 Å². The number of carbonyl (C=O) groups is 11. The Morgan fingerprint density at radius 3 is 2.17 bits per heavy atom. The van der Waals surface area contributed by atoms with Crippen LogP contribution < -0.4 is 53.3 Å². The van der Waals surface area contributed by atoms with E-state index < -0.39 is 133 Å². The Labute approximate surface area is 623 Å². The maximum absolute atomic E-state index is 15.2. The summed E-state index contributed by atoms with van der Waals surface area (Å²) in [6.07, 6.45) is 0.979. The first kappa shape index (κ1) is 78.9. The van der Waals surface area contributed by atoms with Crippen LogP contribution in [0.1, 0.15) is 93.0 Å². The van der Waals surface area contributed by atoms with E-state index in [0.29, 0.717) is 50.5 Å². The van der Waals surface area contributed by atoms with Crippen LogP contribution in [0.3, 0.4) is 0 Å². The van der Waals surface area contributed by atoms with Crippen molar-refractivity contribution in [1.29, 1.82) is 0 Å². The molecule has 105 heavy (non-hydrogen) atoms. The van der Waals surface area contributed by atoms with Crippen LogP contribution in [0, 0.1) is 9.49 Å². The molecule has 15 N–H and O–H groups in total. The summed E-state index contributed by atoms with van der Waals surface area (Å²) in [5.41, 5.74) is 2.02. The molecular formula is C72H81IN12O18S2. The fourth-order valence-corrected chi connectivity index (χ4v) is 15.2. The number of rotatable bonds is 24. The largest absolute Gasteiger partial charge is 0.508 e. The van der Waals surface area contributed by atoms with Gasteiger partial charge in [-0.1, -0.05) is 84.3 Å². The minimum Gasteiger partial charge on any atom is -0.508 e. The molecule has 9 atom stereocenters. The molecule has 0 radical (unpaired) electrons. The van der Waals surface area contributed by atoms with Gasteiger partial charge in [-0.25, -0.2) is 14.6 Å². The number of amides is 10. The van der Waals surface area contributed by atoms with Gasteiger partial charge < -0.3 is 87.7 Å². The molecule has 1 aliphatic carbocycles. The molecule has 4 heterocycles. The number of phenols is 2. The second-order valence-corrected chi connectivity index (χ2v) is 29.7. The molecule has 1 aromatic heterocycles. The number of aliphatic hydroxyl groups is 1. The number of hydrogen-bond acceptors (Lipinski definition) is 19. The number of hydrogen-bond donors (Lipinski definition) is 15. The number of benzene rings is 5. The maximum atomic E-state index is 15.2. The minimum absolute atomic E-state index is 0.0322. The summed E-state index contributed by atoms with van der Waals surface area (Å²) in [7, 11) is 2.32. The summed E-state index contributed by atoms with van der Waals surface area (Å²) in [6.45, 7) is 5.04. The average molecular weight is 1590 g/mol. The van der Waals surface area contributed by atoms with Crippen LogP contribution in [-0.4, -0.2) is 185 Å². The molecule has 33 heteroatoms. The van der Waals surface area contributed by atoms with E-state index in [0.717, 1.165) is 15.7 Å². The number of carbonyl (C=O) groups excluding carboxylic acids is 9. The number of carboxylic acid groups (broad SMARTS) is 2. The number of unbranched alkanes of at least 4 members (excludes halogenated alkanes) is 2. The van der Waals surface area contributed by atoms with Gasteiger partial charge in [0.05, 0.1) is 21.7 Å². The summed E-state index contributed by atoms with van der Waals surface area (Å²) in [5, 5.41) is 76.9. The van der Waals surface area contributed by atoms with Gasteiger partial charge in [0, 0.05) is 109 Å². The Morgan fingerprint density at radius 2 is 1.45 bits per heavy atom. The van der Waals surface area contributed by atoms with E-state index in [1.54, 1.807) is 43.3 Å². The standard InChI is InChI=1S/C72H81IN12O18S2/c1-37(2)24-50-64(93)77-38(3)35-104-105-36-55(70(99)85-34-44(88)29-56(85)69(98)83-52(27-40-13-20-57(89)49(73)25-40)66(95)82-54(33-62(91)92)68(97)80-50)84-67(96)53(32-60-74-22-23-75-60)81-65(94)51(26-39-10-6-4-7-11-39)79-61(90)12-8-5-9-21-76-72(102)78-41-14-17-45(48(28-41)71(100)101)63-46-18-15-42(86)30-58(46)103-59-31-43(87)16-19-47(59)63/h4,6-7,10-11,13-20,22-23,25,28,30-31,37-38,44,50-56,86,88-89H,5,8-9,12,21,24,26-27,29,32-36H2,1-3H3,(H,74,75)(H,77,93)(H,79,90)(H,80,97)(H,81,94)(H,82,95)(H,83,98)(H,84,96)(H,91,92)(H,100,101)(H2,76,78,102)/t38?,44?,50-,51-,52-,53-,54-,55-,56-/m0/s1. The lowest BCUT2D eigenvalue weighted by Gasteiger charge is -2.31. The third kappa shape index (κ3) is 22.1. The first-order valence-electron chi connectivity index (χ1n) is 33.8. The van der Waals surface area contributed by atoms with E-state index in [4.69, 9.17) is 4.42 Å². The summed E-state index contributed by atoms with van der Waals surface area (Å²) in [6, 6.07) is 14.4. The van der Waals surface area contributed by atoms with Crippen molar-refractivity contribution in [3.05, 3.63) is 152 Å². The summed E-state index contributed by atoms with van der Waals surface area (Å²) in [5.74, 6) is -9.33. The minimum atomic E-state index is -1.76. The zero-order valence-corrected chi connectivity index (χ0v) is 61.1. The van der Waals surface area contributed by atoms with Crippen molar-refractivity contribution < 1.29 is 82.7 Å². The summed E-state index contributed by atoms with van der Waals surface area (Å²) >= 11 is 1.86. The summed E-state index contributed by atoms with van der Waals surface area (Å²) < 4.78 is 6.29. The maximum Gasteiger partial charge on any atom is 0.336 e. The van der Waals surface area contributed by atoms with Crippen molar-refractivity contribution in [2.75, 3.05) is 29.9 Å².